The molecular weight excluding hydrogens is 154 g/mol. The van der Waals surface area contributed by atoms with Crippen LogP contribution in [0.4, 0.5) is 0 Å². The number of nitrogens with two attached hydrogens (primary N) is 1. The molecule has 0 atom stereocenters. The molecule has 4 heteroatoms. The monoisotopic (exact) mass is 171 g/mol. The third-order valence-electron chi connectivity index (χ3n) is 2.62. The summed E-state index contributed by atoms with van der Waals surface area (Å²) in [5, 5.41) is 11.4. The van der Waals surface area contributed by atoms with Crippen molar-refractivity contribution in [3.05, 3.63) is 0 Å². The first-order valence-electron chi connectivity index (χ1n) is 4.50. The first kappa shape index (κ1) is 9.16. The maximum Gasteiger partial charge on any atom is 0.233 e. The molecule has 0 aromatic heterocycles. The fraction of sp³-hybridized carbons (Fsp3) is 0.875. The summed E-state index contributed by atoms with van der Waals surface area (Å²) in [5.74, 6) is 1.08. The summed E-state index contributed by atoms with van der Waals surface area (Å²) in [6.07, 6.45) is 3.56. The fourth-order valence-corrected chi connectivity index (χ4v) is 1.63. The Morgan fingerprint density at radius 1 is 1.58 bits per heavy atom. The number of hydrogen-bond donors (Lipinski definition) is 2. The zero-order valence-corrected chi connectivity index (χ0v) is 7.53. The van der Waals surface area contributed by atoms with Gasteiger partial charge >= 0.3 is 0 Å². The number of piperidine rings is 1. The lowest BCUT2D eigenvalue weighted by Crippen LogP contribution is -2.42. The second kappa shape index (κ2) is 4.18. The lowest BCUT2D eigenvalue weighted by Gasteiger charge is -2.31. The third-order valence-corrected chi connectivity index (χ3v) is 2.62. The molecular formula is C8H17N3O. The SMILES string of the molecule is CCC1CCN(/C(N)=N/O)CC1. The lowest BCUT2D eigenvalue weighted by atomic mass is 9.95. The maximum absolute atomic E-state index is 8.43. The highest BCUT2D eigenvalue weighted by Gasteiger charge is 2.18. The van der Waals surface area contributed by atoms with Crippen molar-refractivity contribution in [1.29, 1.82) is 0 Å². The van der Waals surface area contributed by atoms with Gasteiger partial charge in [-0.15, -0.1) is 0 Å². The van der Waals surface area contributed by atoms with Crippen LogP contribution in [0.5, 0.6) is 0 Å². The quantitative estimate of drug-likeness (QED) is 0.266. The zero-order chi connectivity index (χ0) is 8.97. The lowest BCUT2D eigenvalue weighted by molar-refractivity contribution is 0.242. The van der Waals surface area contributed by atoms with E-state index in [2.05, 4.69) is 12.1 Å². The molecule has 1 aliphatic rings. The van der Waals surface area contributed by atoms with E-state index in [0.29, 0.717) is 0 Å². The molecule has 0 radical (unpaired) electrons. The van der Waals surface area contributed by atoms with Crippen LogP contribution in [0.2, 0.25) is 0 Å². The van der Waals surface area contributed by atoms with Crippen LogP contribution >= 0.6 is 0 Å². The number of oxime groups is 1. The largest absolute Gasteiger partial charge is 0.408 e. The Morgan fingerprint density at radius 3 is 2.58 bits per heavy atom. The van der Waals surface area contributed by atoms with Gasteiger partial charge in [-0.25, -0.2) is 0 Å². The van der Waals surface area contributed by atoms with Crippen molar-refractivity contribution in [1.82, 2.24) is 4.90 Å². The maximum atomic E-state index is 8.43. The van der Waals surface area contributed by atoms with Gasteiger partial charge in [0.1, 0.15) is 0 Å². The normalized spacial score (nSPS) is 21.4. The van der Waals surface area contributed by atoms with Gasteiger partial charge in [0.05, 0.1) is 0 Å². The molecule has 1 aliphatic heterocycles. The molecule has 0 bridgehead atoms. The van der Waals surface area contributed by atoms with E-state index in [-0.39, 0.29) is 5.96 Å². The Labute approximate surface area is 73.0 Å². The summed E-state index contributed by atoms with van der Waals surface area (Å²) in [5.41, 5.74) is 5.46. The Morgan fingerprint density at radius 2 is 2.17 bits per heavy atom. The first-order chi connectivity index (χ1) is 5.77. The van der Waals surface area contributed by atoms with E-state index in [9.17, 15) is 0 Å². The molecule has 12 heavy (non-hydrogen) atoms. The summed E-state index contributed by atoms with van der Waals surface area (Å²) in [6.45, 7) is 4.06. The molecule has 0 unspecified atom stereocenters. The van der Waals surface area contributed by atoms with Crippen LogP contribution in [-0.2, 0) is 0 Å². The van der Waals surface area contributed by atoms with Gasteiger partial charge in [-0.1, -0.05) is 18.5 Å². The van der Waals surface area contributed by atoms with Crippen molar-refractivity contribution < 1.29 is 5.21 Å². The van der Waals surface area contributed by atoms with Crippen LogP contribution < -0.4 is 5.73 Å². The van der Waals surface area contributed by atoms with Crippen molar-refractivity contribution in [2.45, 2.75) is 26.2 Å². The van der Waals surface area contributed by atoms with Crippen molar-refractivity contribution in [2.24, 2.45) is 16.8 Å². The Bertz CT molecular complexity index is 162. The first-order valence-corrected chi connectivity index (χ1v) is 4.50. The van der Waals surface area contributed by atoms with Gasteiger partial charge < -0.3 is 15.8 Å². The molecule has 1 heterocycles. The summed E-state index contributed by atoms with van der Waals surface area (Å²) in [4.78, 5) is 1.92. The predicted octanol–water partition coefficient (Wildman–Crippen LogP) is 0.812. The van der Waals surface area contributed by atoms with Crippen LogP contribution in [0.15, 0.2) is 5.16 Å². The van der Waals surface area contributed by atoms with Gasteiger partial charge in [-0.2, -0.15) is 0 Å². The number of rotatable bonds is 1. The minimum Gasteiger partial charge on any atom is -0.408 e. The topological polar surface area (TPSA) is 61.8 Å². The van der Waals surface area contributed by atoms with Crippen LogP contribution in [-0.4, -0.2) is 29.2 Å². The minimum absolute atomic E-state index is 0.254. The van der Waals surface area contributed by atoms with Gasteiger partial charge in [0.25, 0.3) is 0 Å². The van der Waals surface area contributed by atoms with E-state index in [1.54, 1.807) is 0 Å². The van der Waals surface area contributed by atoms with E-state index in [1.165, 1.54) is 6.42 Å². The molecule has 1 saturated heterocycles. The number of nitrogens with zero attached hydrogens (tertiary/aromatic N) is 2. The van der Waals surface area contributed by atoms with Crippen LogP contribution in [0.25, 0.3) is 0 Å². The van der Waals surface area contributed by atoms with Crippen molar-refractivity contribution >= 4 is 5.96 Å². The number of hydrogen-bond acceptors (Lipinski definition) is 2. The molecule has 0 aliphatic carbocycles. The molecule has 0 saturated carbocycles. The average molecular weight is 171 g/mol. The molecule has 1 fully saturated rings. The standard InChI is InChI=1S/C8H17N3O/c1-2-7-3-5-11(6-4-7)8(9)10-12/h7,12H,2-6H2,1H3,(H2,9,10). The van der Waals surface area contributed by atoms with E-state index in [0.717, 1.165) is 31.8 Å². The van der Waals surface area contributed by atoms with Gasteiger partial charge in [0.2, 0.25) is 5.96 Å². The van der Waals surface area contributed by atoms with Crippen molar-refractivity contribution in [3.63, 3.8) is 0 Å². The van der Waals surface area contributed by atoms with Gasteiger partial charge in [-0.3, -0.25) is 0 Å². The summed E-state index contributed by atoms with van der Waals surface area (Å²) < 4.78 is 0. The molecule has 3 N–H and O–H groups in total. The van der Waals surface area contributed by atoms with Crippen molar-refractivity contribution in [2.75, 3.05) is 13.1 Å². The predicted molar refractivity (Wildman–Crippen MR) is 48.0 cm³/mol. The van der Waals surface area contributed by atoms with Gasteiger partial charge in [-0.05, 0) is 18.8 Å². The zero-order valence-electron chi connectivity index (χ0n) is 7.53. The second-order valence-corrected chi connectivity index (χ2v) is 3.30. The molecule has 4 nitrogen and oxygen atoms in total. The highest BCUT2D eigenvalue weighted by molar-refractivity contribution is 5.77. The molecule has 70 valence electrons. The summed E-state index contributed by atoms with van der Waals surface area (Å²) in [7, 11) is 0. The molecule has 0 aromatic rings. The number of likely N-dealkylation sites (tertiary alicyclic amines) is 1. The minimum atomic E-state index is 0.254. The van der Waals surface area contributed by atoms with E-state index in [1.807, 2.05) is 4.90 Å². The highest BCUT2D eigenvalue weighted by atomic mass is 16.4. The Hall–Kier alpha value is -0.930. The molecule has 1 rings (SSSR count). The Kier molecular flexibility index (Phi) is 3.19. The fourth-order valence-electron chi connectivity index (χ4n) is 1.63. The second-order valence-electron chi connectivity index (χ2n) is 3.30. The van der Waals surface area contributed by atoms with E-state index >= 15 is 0 Å². The van der Waals surface area contributed by atoms with Gasteiger partial charge in [0, 0.05) is 13.1 Å². The van der Waals surface area contributed by atoms with Crippen LogP contribution in [0.1, 0.15) is 26.2 Å². The smallest absolute Gasteiger partial charge is 0.233 e. The van der Waals surface area contributed by atoms with E-state index < -0.39 is 0 Å². The third kappa shape index (κ3) is 2.03. The average Bonchev–Trinajstić information content (AvgIpc) is 2.17. The van der Waals surface area contributed by atoms with Crippen molar-refractivity contribution in [3.8, 4) is 0 Å². The van der Waals surface area contributed by atoms with Crippen LogP contribution in [0.3, 0.4) is 0 Å². The van der Waals surface area contributed by atoms with Crippen LogP contribution in [0, 0.1) is 5.92 Å². The molecule has 0 spiro atoms. The molecule has 0 amide bonds. The van der Waals surface area contributed by atoms with Gasteiger partial charge in [0.15, 0.2) is 0 Å². The number of guanidine groups is 1. The van der Waals surface area contributed by atoms with E-state index in [4.69, 9.17) is 10.9 Å². The Balaban J connectivity index is 2.36. The highest BCUT2D eigenvalue weighted by Crippen LogP contribution is 2.19. The molecule has 0 aromatic carbocycles. The summed E-state index contributed by atoms with van der Waals surface area (Å²) in [6, 6.07) is 0. The summed E-state index contributed by atoms with van der Waals surface area (Å²) >= 11 is 0.